The maximum atomic E-state index is 11.8. The minimum atomic E-state index is -1.56. The summed E-state index contributed by atoms with van der Waals surface area (Å²) >= 11 is 0. The highest BCUT2D eigenvalue weighted by Gasteiger charge is 2.38. The molecule has 35 heavy (non-hydrogen) atoms. The molecule has 2 heterocycles. The Morgan fingerprint density at radius 2 is 1.31 bits per heavy atom. The molecule has 0 saturated carbocycles. The van der Waals surface area contributed by atoms with Crippen molar-refractivity contribution in [3.8, 4) is 0 Å². The summed E-state index contributed by atoms with van der Waals surface area (Å²) in [5.74, 6) is -3.92. The zero-order valence-corrected chi connectivity index (χ0v) is 19.2. The minimum Gasteiger partial charge on any atom is -0.466 e. The van der Waals surface area contributed by atoms with E-state index in [2.05, 4.69) is 14.7 Å². The van der Waals surface area contributed by atoms with Gasteiger partial charge in [-0.2, -0.15) is 0 Å². The second kappa shape index (κ2) is 14.6. The van der Waals surface area contributed by atoms with Gasteiger partial charge >= 0.3 is 17.9 Å². The zero-order valence-electron chi connectivity index (χ0n) is 19.2. The van der Waals surface area contributed by atoms with Crippen LogP contribution in [0.1, 0.15) is 38.1 Å². The molecule has 0 aliphatic heterocycles. The van der Waals surface area contributed by atoms with Gasteiger partial charge in [0.2, 0.25) is 5.92 Å². The number of nitro groups is 2. The molecule has 0 aromatic carbocycles. The van der Waals surface area contributed by atoms with Gasteiger partial charge in [-0.1, -0.05) is 0 Å². The Kier molecular flexibility index (Phi) is 11.9. The average Bonchev–Trinajstić information content (AvgIpc) is 2.80. The number of nitrogens with zero attached hydrogens (tertiary/aromatic N) is 4. The smallest absolute Gasteiger partial charge is 0.326 e. The molecule has 2 aromatic rings. The molecule has 0 bridgehead atoms. The summed E-state index contributed by atoms with van der Waals surface area (Å²) in [7, 11) is 0. The second-order valence-corrected chi connectivity index (χ2v) is 6.31. The van der Waals surface area contributed by atoms with E-state index >= 15 is 0 Å². The molecule has 14 nitrogen and oxygen atoms in total. The van der Waals surface area contributed by atoms with E-state index in [0.717, 1.165) is 6.07 Å². The predicted octanol–water partition coefficient (Wildman–Crippen LogP) is 2.29. The van der Waals surface area contributed by atoms with Crippen molar-refractivity contribution in [2.45, 2.75) is 33.1 Å². The maximum Gasteiger partial charge on any atom is 0.326 e. The summed E-state index contributed by atoms with van der Waals surface area (Å²) in [6.07, 6.45) is 2.49. The highest BCUT2D eigenvalue weighted by Crippen LogP contribution is 2.26. The van der Waals surface area contributed by atoms with Crippen LogP contribution in [0.25, 0.3) is 0 Å². The van der Waals surface area contributed by atoms with Crippen LogP contribution in [0.15, 0.2) is 36.7 Å². The van der Waals surface area contributed by atoms with Crippen molar-refractivity contribution >= 4 is 29.3 Å². The molecule has 0 atom stereocenters. The van der Waals surface area contributed by atoms with Crippen LogP contribution in [0, 0.1) is 20.2 Å². The van der Waals surface area contributed by atoms with Crippen LogP contribution < -0.4 is 0 Å². The highest BCUT2D eigenvalue weighted by molar-refractivity contribution is 6.01. The monoisotopic (exact) mass is 492 g/mol. The summed E-state index contributed by atoms with van der Waals surface area (Å²) in [5.41, 5.74) is -0.750. The van der Waals surface area contributed by atoms with Gasteiger partial charge in [-0.15, -0.1) is 0 Å². The molecule has 0 N–H and O–H groups in total. The summed E-state index contributed by atoms with van der Waals surface area (Å²) in [5, 5.41) is 21.5. The fourth-order valence-corrected chi connectivity index (χ4v) is 2.64. The van der Waals surface area contributed by atoms with Crippen molar-refractivity contribution in [3.05, 3.63) is 68.3 Å². The third-order valence-corrected chi connectivity index (χ3v) is 4.01. The van der Waals surface area contributed by atoms with Crippen LogP contribution in [0.4, 0.5) is 11.4 Å². The normalized spacial score (nSPS) is 9.94. The van der Waals surface area contributed by atoms with Crippen LogP contribution in [-0.4, -0.2) is 57.5 Å². The van der Waals surface area contributed by atoms with Crippen LogP contribution in [0.5, 0.6) is 0 Å². The van der Waals surface area contributed by atoms with Crippen molar-refractivity contribution < 1.29 is 38.4 Å². The van der Waals surface area contributed by atoms with Gasteiger partial charge in [0, 0.05) is 24.5 Å². The molecule has 14 heteroatoms. The van der Waals surface area contributed by atoms with Gasteiger partial charge in [0.15, 0.2) is 0 Å². The third-order valence-electron chi connectivity index (χ3n) is 4.01. The van der Waals surface area contributed by atoms with Crippen LogP contribution in [-0.2, 0) is 35.0 Å². The van der Waals surface area contributed by atoms with Gasteiger partial charge in [-0.05, 0) is 32.9 Å². The van der Waals surface area contributed by atoms with Crippen molar-refractivity contribution in [1.82, 2.24) is 9.97 Å². The molecular formula is C21H24N4O10. The fraction of sp³-hybridized carbons (Fsp3) is 0.381. The molecular weight excluding hydrogens is 468 g/mol. The number of carbonyl (C=O) groups excluding carboxylic acids is 3. The predicted molar refractivity (Wildman–Crippen MR) is 118 cm³/mol. The van der Waals surface area contributed by atoms with E-state index in [1.54, 1.807) is 20.8 Å². The maximum absolute atomic E-state index is 11.8. The summed E-state index contributed by atoms with van der Waals surface area (Å²) in [6, 6.07) is 5.26. The standard InChI is InChI=1S/C12H14N2O6.C9H10N2O4/c1-3-19-11(15)9(12(16)20-4-2)10-8(14(17)18)6-5-7-13-10;1-2-15-9(12)6-7-8(11(13)14)4-3-5-10-7/h5-7,9H,3-4H2,1-2H3;3-5H,2,6H2,1H3. The first-order chi connectivity index (χ1) is 16.7. The largest absolute Gasteiger partial charge is 0.466 e. The van der Waals surface area contributed by atoms with Gasteiger partial charge in [0.05, 0.1) is 36.1 Å². The van der Waals surface area contributed by atoms with Gasteiger partial charge in [0.1, 0.15) is 11.4 Å². The number of hydrogen-bond acceptors (Lipinski definition) is 12. The lowest BCUT2D eigenvalue weighted by Gasteiger charge is -2.13. The highest BCUT2D eigenvalue weighted by atomic mass is 16.6. The Morgan fingerprint density at radius 1 is 0.829 bits per heavy atom. The van der Waals surface area contributed by atoms with Crippen LogP contribution in [0.3, 0.4) is 0 Å². The fourth-order valence-electron chi connectivity index (χ4n) is 2.64. The number of carbonyl (C=O) groups is 3. The Balaban J connectivity index is 0.000000365. The van der Waals surface area contributed by atoms with Crippen molar-refractivity contribution in [2.75, 3.05) is 19.8 Å². The molecule has 0 aliphatic rings. The number of hydrogen-bond donors (Lipinski definition) is 0. The van der Waals surface area contributed by atoms with Gasteiger partial charge in [-0.3, -0.25) is 44.6 Å². The third kappa shape index (κ3) is 8.75. The molecule has 0 amide bonds. The number of pyridine rings is 2. The minimum absolute atomic E-state index is 0.0371. The Bertz CT molecular complexity index is 1040. The van der Waals surface area contributed by atoms with Crippen LogP contribution >= 0.6 is 0 Å². The number of aromatic nitrogens is 2. The number of esters is 3. The topological polar surface area (TPSA) is 191 Å². The first-order valence-electron chi connectivity index (χ1n) is 10.3. The van der Waals surface area contributed by atoms with Crippen molar-refractivity contribution in [1.29, 1.82) is 0 Å². The van der Waals surface area contributed by atoms with Gasteiger partial charge in [-0.25, -0.2) is 0 Å². The Hall–Kier alpha value is -4.49. The quantitative estimate of drug-likeness (QED) is 0.155. The van der Waals surface area contributed by atoms with E-state index < -0.39 is 39.4 Å². The molecule has 2 rings (SSSR count). The van der Waals surface area contributed by atoms with Gasteiger partial charge < -0.3 is 14.2 Å². The SMILES string of the molecule is CCOC(=O)C(C(=O)OCC)c1ncccc1[N+](=O)[O-].CCOC(=O)Cc1ncccc1[N+](=O)[O-]. The van der Waals surface area contributed by atoms with Crippen molar-refractivity contribution in [3.63, 3.8) is 0 Å². The molecule has 0 saturated heterocycles. The first-order valence-corrected chi connectivity index (χ1v) is 10.3. The van der Waals surface area contributed by atoms with E-state index in [1.807, 2.05) is 0 Å². The number of rotatable bonds is 10. The Morgan fingerprint density at radius 3 is 1.80 bits per heavy atom. The molecule has 0 aliphatic carbocycles. The van der Waals surface area contributed by atoms with E-state index in [4.69, 9.17) is 9.47 Å². The van der Waals surface area contributed by atoms with E-state index in [0.29, 0.717) is 0 Å². The lowest BCUT2D eigenvalue weighted by atomic mass is 10.0. The van der Waals surface area contributed by atoms with E-state index in [9.17, 15) is 34.6 Å². The average molecular weight is 492 g/mol. The molecule has 0 fully saturated rings. The van der Waals surface area contributed by atoms with E-state index in [-0.39, 0.29) is 43.3 Å². The lowest BCUT2D eigenvalue weighted by molar-refractivity contribution is -0.386. The lowest BCUT2D eigenvalue weighted by Crippen LogP contribution is -2.27. The summed E-state index contributed by atoms with van der Waals surface area (Å²) in [6.45, 7) is 5.12. The van der Waals surface area contributed by atoms with E-state index in [1.165, 1.54) is 30.6 Å². The molecule has 0 unspecified atom stereocenters. The second-order valence-electron chi connectivity index (χ2n) is 6.31. The first kappa shape index (κ1) is 28.5. The zero-order chi connectivity index (χ0) is 26.4. The molecule has 188 valence electrons. The summed E-state index contributed by atoms with van der Waals surface area (Å²) < 4.78 is 14.2. The Labute approximate surface area is 199 Å². The van der Waals surface area contributed by atoms with Gasteiger partial charge in [0.25, 0.3) is 11.4 Å². The molecule has 0 radical (unpaired) electrons. The summed E-state index contributed by atoms with van der Waals surface area (Å²) in [4.78, 5) is 62.6. The van der Waals surface area contributed by atoms with Crippen molar-refractivity contribution in [2.24, 2.45) is 0 Å². The molecule has 2 aromatic heterocycles. The number of ether oxygens (including phenoxy) is 3. The molecule has 0 spiro atoms. The van der Waals surface area contributed by atoms with Crippen LogP contribution in [0.2, 0.25) is 0 Å².